The Morgan fingerprint density at radius 2 is 0.400 bits per heavy atom. The molecular formula is H3KMo12O40PRb+2. The van der Waals surface area contributed by atoms with Crippen LogP contribution in [-0.2, 0) is 315 Å². The molecule has 0 amide bonds. The first-order chi connectivity index (χ1) is 22.5. The molecule has 0 fully saturated rings. The zero-order valence-corrected chi connectivity index (χ0v) is 56.8. The van der Waals surface area contributed by atoms with Crippen molar-refractivity contribution in [3.8, 4) is 0 Å². The Kier molecular flexibility index (Phi) is 27.5. The van der Waals surface area contributed by atoms with Crippen LogP contribution in [0.25, 0.3) is 0 Å². The maximum atomic E-state index is 12.8. The molecule has 3 N–H and O–H groups in total. The van der Waals surface area contributed by atoms with Gasteiger partial charge in [0.1, 0.15) is 0 Å². The van der Waals surface area contributed by atoms with Crippen LogP contribution in [-0.4, -0.2) is 11.3 Å². The van der Waals surface area contributed by atoms with E-state index in [4.69, 9.17) is 11.3 Å². The van der Waals surface area contributed by atoms with Gasteiger partial charge in [0.2, 0.25) is 0 Å². The van der Waals surface area contributed by atoms with Gasteiger partial charge < -0.3 is 0 Å². The van der Waals surface area contributed by atoms with Gasteiger partial charge in [-0.25, -0.2) is 0 Å². The van der Waals surface area contributed by atoms with Crippen molar-refractivity contribution in [2.45, 2.75) is 0 Å². The molecule has 0 aliphatic rings. The van der Waals surface area contributed by atoms with Gasteiger partial charge in [-0.15, -0.1) is 0 Å². The third-order valence-electron chi connectivity index (χ3n) is 2.06. The summed E-state index contributed by atoms with van der Waals surface area (Å²) in [5.74, 6) is 0. The third-order valence-corrected chi connectivity index (χ3v) is 62.5. The molecule has 320 valence electrons. The Bertz CT molecular complexity index is 2520. The zero-order valence-electron chi connectivity index (χ0n) is 23.8. The van der Waals surface area contributed by atoms with Crippen molar-refractivity contribution in [1.29, 1.82) is 0 Å². The van der Waals surface area contributed by atoms with Gasteiger partial charge in [-0.1, -0.05) is 0 Å². The predicted octanol–water partition coefficient (Wildman–Crippen LogP) is -10.6. The van der Waals surface area contributed by atoms with Gasteiger partial charge in [0.05, 0.1) is 0 Å². The summed E-state index contributed by atoms with van der Waals surface area (Å²) < 4.78 is 347. The summed E-state index contributed by atoms with van der Waals surface area (Å²) in [5.41, 5.74) is 0. The normalized spacial score (nSPS) is 15.0. The Balaban J connectivity index is -0.0000135. The first-order valence-electron chi connectivity index (χ1n) is 8.78. The molecule has 0 saturated heterocycles. The van der Waals surface area contributed by atoms with Crippen LogP contribution in [0.2, 0.25) is 0 Å². The molecular weight excluding hydrogens is 1950 g/mol. The second-order valence-electron chi connectivity index (χ2n) is 6.24. The van der Waals surface area contributed by atoms with Gasteiger partial charge in [0, 0.05) is 0 Å². The summed E-state index contributed by atoms with van der Waals surface area (Å²) in [6.07, 6.45) is 0. The largest absolute Gasteiger partial charge is 1.00 e. The number of phosphoric acid groups is 1. The maximum absolute atomic E-state index is 12.8. The fraction of sp³-hybridized carbons (Fsp3) is 0. The quantitative estimate of drug-likeness (QED) is 0.0597. The molecule has 0 heterocycles. The predicted molar refractivity (Wildman–Crippen MR) is 43.8 cm³/mol. The summed E-state index contributed by atoms with van der Waals surface area (Å²) in [6.45, 7) is 0. The summed E-state index contributed by atoms with van der Waals surface area (Å²) in [4.78, 5) is 0. The second-order valence-corrected chi connectivity index (χ2v) is 56.1. The molecule has 55 heavy (non-hydrogen) atoms. The molecule has 0 saturated carbocycles. The smallest absolute Gasteiger partial charge is 1.00 e. The molecule has 0 atom stereocenters. The van der Waals surface area contributed by atoms with E-state index in [9.17, 15) is 86.1 Å². The Morgan fingerprint density at radius 3 is 0.545 bits per heavy atom. The van der Waals surface area contributed by atoms with Crippen molar-refractivity contribution in [2.24, 2.45) is 0 Å². The molecule has 0 aromatic heterocycles. The van der Waals surface area contributed by atoms with Crippen LogP contribution in [0, 0.1) is 0 Å². The average molecular weight is 1950 g/mol. The zero-order chi connectivity index (χ0) is 43.0. The molecule has 0 unspecified atom stereocenters. The molecule has 0 aliphatic heterocycles. The minimum absolute atomic E-state index is 0. The molecule has 0 aliphatic carbocycles. The topological polar surface area (TPSA) is 598 Å². The molecule has 0 aromatic carbocycles. The molecule has 0 radical (unpaired) electrons. The Morgan fingerprint density at radius 1 is 0.273 bits per heavy atom. The van der Waals surface area contributed by atoms with Crippen LogP contribution in [0.4, 0.5) is 0 Å². The molecule has 0 aromatic rings. The molecule has 0 rings (SSSR count). The van der Waals surface area contributed by atoms with Crippen molar-refractivity contribution in [3.63, 3.8) is 0 Å². The monoisotopic (exact) mass is 1970 g/mol. The summed E-state index contributed by atoms with van der Waals surface area (Å²) in [5, 5.41) is 0. The van der Waals surface area contributed by atoms with E-state index in [1.165, 1.54) is 0 Å². The summed E-state index contributed by atoms with van der Waals surface area (Å²) >= 11 is -97.4. The van der Waals surface area contributed by atoms with Gasteiger partial charge in [-0.3, -0.25) is 0 Å². The number of hydrogen-bond donors (Lipinski definition) is 3. The van der Waals surface area contributed by atoms with E-state index in [1.54, 1.807) is 0 Å². The van der Waals surface area contributed by atoms with Gasteiger partial charge in [-0.05, 0) is 0 Å². The average Bonchev–Trinajstić information content (AvgIpc) is 2.58. The van der Waals surface area contributed by atoms with Crippen molar-refractivity contribution in [2.75, 3.05) is 0 Å². The van der Waals surface area contributed by atoms with E-state index < -0.39 is 209 Å². The molecule has 40 nitrogen and oxygen atoms in total. The fourth-order valence-electron chi connectivity index (χ4n) is 1.41. The minimum Gasteiger partial charge on any atom is 1.00 e. The van der Waals surface area contributed by atoms with Crippen LogP contribution in [0.1, 0.15) is 0 Å². The van der Waals surface area contributed by atoms with Crippen LogP contribution in [0.15, 0.2) is 0 Å². The SMILES string of the molecule is O=P([O][Mo](=[O])(=[O])[O][Mo](=[O])(=[O])[O][Mo](=[O])(=[O])[O][Mo](=[O])(=[O])[OH])([O][Mo](=[O])(=[O])[O][Mo](=[O])(=[O])[O][Mo](=[O])(=[O])[O][Mo](=[O])(=[O])[OH])[O][Mo](=[O])(=[O])[O][Mo](=[O])(=[O])[O][Mo](=[O])(=[O])[O][Mo](=[O])(=[O])[OH].[K+].[Rb+]. The van der Waals surface area contributed by atoms with E-state index in [0.717, 1.165) is 0 Å². The van der Waals surface area contributed by atoms with Crippen LogP contribution < -0.4 is 110 Å². The summed E-state index contributed by atoms with van der Waals surface area (Å²) in [7, 11) is -7.91. The van der Waals surface area contributed by atoms with Crippen LogP contribution in [0.5, 0.6) is 0 Å². The van der Waals surface area contributed by atoms with Crippen LogP contribution in [0.3, 0.4) is 0 Å². The van der Waals surface area contributed by atoms with Gasteiger partial charge >= 0.3 is 444 Å². The number of rotatable bonds is 24. The van der Waals surface area contributed by atoms with E-state index in [1.807, 2.05) is 0 Å². The Labute approximate surface area is 432 Å². The standard InChI is InChI=1S/K.12Mo.H3O4P.3H2O.33O.Rb/c;;;;;;;;;;;;;1-5(2,3)4;;;;;;;;;;;;;;;;;;;;;;;;;;;;;;;;;;;;;/h;;;;;;;;;;;;;(H3,1,2,3,4);3*1H2;;;;;;;;;;;;;;;;;;;;;;;;;;;;;;;;;;/q+1;;;;;;;6*+1;;;;;;;;;;;;;;;;;;;;;;;;;;;;;;;;;;;;;;+1/p-6. The van der Waals surface area contributed by atoms with E-state index in [2.05, 4.69) is 27.9 Å². The van der Waals surface area contributed by atoms with Crippen molar-refractivity contribution < 1.29 is 436 Å². The third kappa shape index (κ3) is 33.6. The Hall–Kier alpha value is 6.53. The molecule has 0 spiro atoms. The van der Waals surface area contributed by atoms with Gasteiger partial charge in [0.15, 0.2) is 0 Å². The van der Waals surface area contributed by atoms with Crippen LogP contribution >= 0.6 is 7.82 Å². The second kappa shape index (κ2) is 23.0. The first kappa shape index (κ1) is 65.8. The van der Waals surface area contributed by atoms with Gasteiger partial charge in [0.25, 0.3) is 0 Å². The summed E-state index contributed by atoms with van der Waals surface area (Å²) in [6, 6.07) is 0. The van der Waals surface area contributed by atoms with Crippen molar-refractivity contribution in [1.82, 2.24) is 0 Å². The van der Waals surface area contributed by atoms with E-state index >= 15 is 0 Å². The maximum Gasteiger partial charge on any atom is 1.00 e. The fourth-order valence-corrected chi connectivity index (χ4v) is 60.4. The molecule has 55 heteroatoms. The minimum atomic E-state index is -8.79. The van der Waals surface area contributed by atoms with Crippen molar-refractivity contribution >= 4 is 7.82 Å². The first-order valence-corrected chi connectivity index (χ1v) is 49.8. The van der Waals surface area contributed by atoms with Gasteiger partial charge in [-0.2, -0.15) is 0 Å². The number of hydrogen-bond acceptors (Lipinski definition) is 37. The van der Waals surface area contributed by atoms with Crippen molar-refractivity contribution in [3.05, 3.63) is 0 Å². The van der Waals surface area contributed by atoms with E-state index in [-0.39, 0.29) is 110 Å². The van der Waals surface area contributed by atoms with E-state index in [0.29, 0.717) is 0 Å². The molecule has 0 bridgehead atoms.